The molecule has 0 fully saturated rings. The van der Waals surface area contributed by atoms with Crippen LogP contribution in [0.1, 0.15) is 0 Å². The van der Waals surface area contributed by atoms with Crippen LogP contribution in [-0.4, -0.2) is 36.0 Å². The van der Waals surface area contributed by atoms with Gasteiger partial charge in [0.05, 0.1) is 9.85 Å². The predicted octanol–water partition coefficient (Wildman–Crippen LogP) is 1.80. The normalized spacial score (nSPS) is 10.4. The molecule has 136 valence electrons. The zero-order valence-corrected chi connectivity index (χ0v) is 13.6. The van der Waals surface area contributed by atoms with E-state index in [0.29, 0.717) is 5.56 Å². The van der Waals surface area contributed by atoms with Gasteiger partial charge in [0.25, 0.3) is 11.4 Å². The molecule has 1 heterocycles. The van der Waals surface area contributed by atoms with E-state index in [1.54, 1.807) is 6.07 Å². The molecule has 12 nitrogen and oxygen atoms in total. The molecular formula is C15H11N7O5. The van der Waals surface area contributed by atoms with Crippen LogP contribution in [0.25, 0.3) is 11.4 Å². The van der Waals surface area contributed by atoms with Crippen molar-refractivity contribution in [3.63, 3.8) is 0 Å². The molecule has 0 unspecified atom stereocenters. The zero-order valence-electron chi connectivity index (χ0n) is 13.6. The number of amides is 1. The van der Waals surface area contributed by atoms with E-state index in [0.717, 1.165) is 4.80 Å². The van der Waals surface area contributed by atoms with Gasteiger partial charge in [-0.1, -0.05) is 12.1 Å². The molecule has 0 aliphatic carbocycles. The summed E-state index contributed by atoms with van der Waals surface area (Å²) in [6, 6.07) is 11.3. The van der Waals surface area contributed by atoms with E-state index in [-0.39, 0.29) is 29.4 Å². The highest BCUT2D eigenvalue weighted by atomic mass is 16.6. The number of nitro groups is 2. The first-order valence-electron chi connectivity index (χ1n) is 7.50. The lowest BCUT2D eigenvalue weighted by Gasteiger charge is -2.04. The van der Waals surface area contributed by atoms with Crippen molar-refractivity contribution in [1.29, 1.82) is 0 Å². The van der Waals surface area contributed by atoms with Crippen LogP contribution in [0.15, 0.2) is 48.5 Å². The second-order valence-electron chi connectivity index (χ2n) is 5.27. The summed E-state index contributed by atoms with van der Waals surface area (Å²) in [7, 11) is 0. The highest BCUT2D eigenvalue weighted by Gasteiger charge is 2.16. The highest BCUT2D eigenvalue weighted by molar-refractivity contribution is 5.92. The number of nitrogens with zero attached hydrogens (tertiary/aromatic N) is 6. The smallest absolute Gasteiger partial charge is 0.292 e. The van der Waals surface area contributed by atoms with Gasteiger partial charge in [0.2, 0.25) is 11.7 Å². The van der Waals surface area contributed by atoms with Crippen LogP contribution in [0.2, 0.25) is 0 Å². The Hall–Kier alpha value is -4.22. The fraction of sp³-hybridized carbons (Fsp3) is 0.0667. The molecule has 3 aromatic rings. The quantitative estimate of drug-likeness (QED) is 0.508. The minimum Gasteiger partial charge on any atom is -0.319 e. The van der Waals surface area contributed by atoms with E-state index in [4.69, 9.17) is 0 Å². The maximum absolute atomic E-state index is 12.1. The third-order valence-corrected chi connectivity index (χ3v) is 3.45. The number of carbonyl (C=O) groups excluding carboxylic acids is 1. The van der Waals surface area contributed by atoms with Gasteiger partial charge in [-0.25, -0.2) is 0 Å². The van der Waals surface area contributed by atoms with Gasteiger partial charge < -0.3 is 5.32 Å². The third kappa shape index (κ3) is 4.07. The van der Waals surface area contributed by atoms with Crippen molar-refractivity contribution in [2.24, 2.45) is 0 Å². The number of benzene rings is 2. The molecule has 1 aromatic heterocycles. The number of aromatic nitrogens is 4. The molecule has 0 saturated carbocycles. The number of hydrogen-bond donors (Lipinski definition) is 1. The largest absolute Gasteiger partial charge is 0.319 e. The maximum atomic E-state index is 12.1. The van der Waals surface area contributed by atoms with Crippen molar-refractivity contribution >= 4 is 23.0 Å². The molecule has 1 amide bonds. The molecule has 3 rings (SSSR count). The lowest BCUT2D eigenvalue weighted by molar-refractivity contribution is -0.384. The van der Waals surface area contributed by atoms with E-state index in [1.165, 1.54) is 42.5 Å². The molecule has 0 radical (unpaired) electrons. The summed E-state index contributed by atoms with van der Waals surface area (Å²) in [6.07, 6.45) is 0. The van der Waals surface area contributed by atoms with E-state index in [1.807, 2.05) is 0 Å². The first-order chi connectivity index (χ1) is 12.9. The van der Waals surface area contributed by atoms with Gasteiger partial charge in [-0.3, -0.25) is 25.0 Å². The second-order valence-corrected chi connectivity index (χ2v) is 5.27. The second kappa shape index (κ2) is 7.35. The van der Waals surface area contributed by atoms with E-state index < -0.39 is 15.8 Å². The van der Waals surface area contributed by atoms with Crippen molar-refractivity contribution in [2.45, 2.75) is 6.54 Å². The number of nitrogens with one attached hydrogen (secondary N) is 1. The summed E-state index contributed by atoms with van der Waals surface area (Å²) in [5.74, 6) is -0.389. The lowest BCUT2D eigenvalue weighted by atomic mass is 10.2. The minimum absolute atomic E-state index is 0.0585. The van der Waals surface area contributed by atoms with E-state index >= 15 is 0 Å². The molecule has 0 aliphatic rings. The Morgan fingerprint density at radius 2 is 1.74 bits per heavy atom. The van der Waals surface area contributed by atoms with Crippen LogP contribution >= 0.6 is 0 Å². The highest BCUT2D eigenvalue weighted by Crippen LogP contribution is 2.23. The van der Waals surface area contributed by atoms with Gasteiger partial charge in [-0.2, -0.15) is 4.80 Å². The number of hydrogen-bond acceptors (Lipinski definition) is 8. The number of anilines is 1. The van der Waals surface area contributed by atoms with Crippen molar-refractivity contribution in [3.05, 3.63) is 68.8 Å². The van der Waals surface area contributed by atoms with Gasteiger partial charge in [0.1, 0.15) is 12.2 Å². The zero-order chi connectivity index (χ0) is 19.4. The number of para-hydroxylation sites is 2. The number of rotatable bonds is 6. The summed E-state index contributed by atoms with van der Waals surface area (Å²) >= 11 is 0. The van der Waals surface area contributed by atoms with Gasteiger partial charge in [0.15, 0.2) is 0 Å². The lowest BCUT2D eigenvalue weighted by Crippen LogP contribution is -2.21. The Morgan fingerprint density at radius 1 is 1.04 bits per heavy atom. The van der Waals surface area contributed by atoms with Crippen molar-refractivity contribution in [1.82, 2.24) is 20.2 Å². The molecule has 2 aromatic carbocycles. The van der Waals surface area contributed by atoms with E-state index in [2.05, 4.69) is 20.7 Å². The fourth-order valence-corrected chi connectivity index (χ4v) is 2.21. The molecular weight excluding hydrogens is 358 g/mol. The first-order valence-corrected chi connectivity index (χ1v) is 7.50. The summed E-state index contributed by atoms with van der Waals surface area (Å²) in [5, 5.41) is 35.6. The molecule has 0 saturated heterocycles. The fourth-order valence-electron chi connectivity index (χ4n) is 2.21. The summed E-state index contributed by atoms with van der Waals surface area (Å²) in [6.45, 7) is -0.313. The molecule has 12 heteroatoms. The molecule has 27 heavy (non-hydrogen) atoms. The molecule has 1 N–H and O–H groups in total. The van der Waals surface area contributed by atoms with Crippen molar-refractivity contribution in [2.75, 3.05) is 5.32 Å². The average Bonchev–Trinajstić information content (AvgIpc) is 3.10. The van der Waals surface area contributed by atoms with Crippen LogP contribution in [0.5, 0.6) is 0 Å². The third-order valence-electron chi connectivity index (χ3n) is 3.45. The summed E-state index contributed by atoms with van der Waals surface area (Å²) in [4.78, 5) is 33.6. The van der Waals surface area contributed by atoms with Crippen LogP contribution in [0.3, 0.4) is 0 Å². The molecule has 0 aliphatic heterocycles. The van der Waals surface area contributed by atoms with Gasteiger partial charge in [0, 0.05) is 23.8 Å². The minimum atomic E-state index is -0.601. The number of nitro benzene ring substituents is 2. The average molecular weight is 369 g/mol. The summed E-state index contributed by atoms with van der Waals surface area (Å²) < 4.78 is 0. The van der Waals surface area contributed by atoms with Crippen LogP contribution in [-0.2, 0) is 11.3 Å². The molecule has 0 bridgehead atoms. The standard InChI is InChI=1S/C15H11N7O5/c23-14(16-12-3-1-2-4-13(12)22(26)27)9-20-18-15(17-19-20)10-5-7-11(8-6-10)21(24)25/h1-8H,9H2,(H,16,23). The first kappa shape index (κ1) is 17.6. The van der Waals surface area contributed by atoms with Gasteiger partial charge in [-0.15, -0.1) is 10.2 Å². The molecule has 0 atom stereocenters. The number of non-ortho nitro benzene ring substituents is 1. The molecule has 0 spiro atoms. The topological polar surface area (TPSA) is 159 Å². The van der Waals surface area contributed by atoms with Gasteiger partial charge >= 0.3 is 0 Å². The Morgan fingerprint density at radius 3 is 2.41 bits per heavy atom. The van der Waals surface area contributed by atoms with E-state index in [9.17, 15) is 25.0 Å². The maximum Gasteiger partial charge on any atom is 0.292 e. The Labute approximate surface area is 150 Å². The van der Waals surface area contributed by atoms with Crippen LogP contribution < -0.4 is 5.32 Å². The SMILES string of the molecule is O=C(Cn1nnc(-c2ccc([N+](=O)[O-])cc2)n1)Nc1ccccc1[N+](=O)[O-]. The van der Waals surface area contributed by atoms with Gasteiger partial charge in [-0.05, 0) is 23.4 Å². The van der Waals surface area contributed by atoms with Crippen LogP contribution in [0.4, 0.5) is 17.1 Å². The Balaban J connectivity index is 1.70. The Kier molecular flexibility index (Phi) is 4.79. The van der Waals surface area contributed by atoms with Crippen LogP contribution in [0, 0.1) is 20.2 Å². The van der Waals surface area contributed by atoms with Crippen molar-refractivity contribution < 1.29 is 14.6 Å². The Bertz CT molecular complexity index is 1020. The number of tetrazole rings is 1. The number of carbonyl (C=O) groups is 1. The van der Waals surface area contributed by atoms with Crippen molar-refractivity contribution in [3.8, 4) is 11.4 Å². The monoisotopic (exact) mass is 369 g/mol. The predicted molar refractivity (Wildman–Crippen MR) is 91.6 cm³/mol. The summed E-state index contributed by atoms with van der Waals surface area (Å²) in [5.41, 5.74) is 0.244.